The molecule has 0 aromatic heterocycles. The zero-order valence-electron chi connectivity index (χ0n) is 8.71. The Labute approximate surface area is 89.6 Å². The van der Waals surface area contributed by atoms with E-state index in [2.05, 4.69) is 11.6 Å². The average Bonchev–Trinajstić information content (AvgIpc) is 2.77. The molecule has 0 radical (unpaired) electrons. The molecule has 0 aromatic carbocycles. The van der Waals surface area contributed by atoms with Crippen LogP contribution >= 0.6 is 11.8 Å². The van der Waals surface area contributed by atoms with Crippen molar-refractivity contribution < 1.29 is 4.79 Å². The highest BCUT2D eigenvalue weighted by Crippen LogP contribution is 2.34. The zero-order valence-corrected chi connectivity index (χ0v) is 9.53. The van der Waals surface area contributed by atoms with Gasteiger partial charge in [0.1, 0.15) is 0 Å². The summed E-state index contributed by atoms with van der Waals surface area (Å²) in [5.41, 5.74) is -0.154. The third-order valence-electron chi connectivity index (χ3n) is 3.33. The topological polar surface area (TPSA) is 32.3 Å². The van der Waals surface area contributed by atoms with E-state index in [1.54, 1.807) is 11.8 Å². The van der Waals surface area contributed by atoms with Gasteiger partial charge in [0.2, 0.25) is 5.91 Å². The maximum absolute atomic E-state index is 12.1. The van der Waals surface area contributed by atoms with Crippen LogP contribution in [0, 0.1) is 0 Å². The van der Waals surface area contributed by atoms with E-state index in [0.717, 1.165) is 31.8 Å². The molecule has 1 amide bonds. The van der Waals surface area contributed by atoms with Gasteiger partial charge in [0.25, 0.3) is 0 Å². The smallest absolute Gasteiger partial charge is 0.243 e. The molecule has 0 unspecified atom stereocenters. The summed E-state index contributed by atoms with van der Waals surface area (Å²) in [6.07, 6.45) is 6.58. The van der Waals surface area contributed by atoms with Crippen LogP contribution in [0.3, 0.4) is 0 Å². The molecule has 1 spiro atoms. The van der Waals surface area contributed by atoms with Gasteiger partial charge in [0.15, 0.2) is 0 Å². The molecule has 1 saturated carbocycles. The van der Waals surface area contributed by atoms with Gasteiger partial charge in [0.05, 0.1) is 12.2 Å². The normalized spacial score (nSPS) is 25.2. The summed E-state index contributed by atoms with van der Waals surface area (Å²) in [6, 6.07) is 0. The van der Waals surface area contributed by atoms with E-state index >= 15 is 0 Å². The van der Waals surface area contributed by atoms with E-state index in [9.17, 15) is 4.79 Å². The Balaban J connectivity index is 1.96. The maximum Gasteiger partial charge on any atom is 0.243 e. The molecule has 3 nitrogen and oxygen atoms in total. The molecular formula is C10H18N2OS. The summed E-state index contributed by atoms with van der Waals surface area (Å²) < 4.78 is 0. The minimum atomic E-state index is -0.154. The monoisotopic (exact) mass is 214 g/mol. The highest BCUT2D eigenvalue weighted by atomic mass is 32.2. The third kappa shape index (κ3) is 1.65. The average molecular weight is 214 g/mol. The summed E-state index contributed by atoms with van der Waals surface area (Å²) in [6.45, 7) is 1.66. The minimum absolute atomic E-state index is 0.154. The Kier molecular flexibility index (Phi) is 3.02. The molecule has 2 rings (SSSR count). The summed E-state index contributed by atoms with van der Waals surface area (Å²) in [4.78, 5) is 14.1. The van der Waals surface area contributed by atoms with Crippen molar-refractivity contribution in [3.05, 3.63) is 0 Å². The van der Waals surface area contributed by atoms with Crippen molar-refractivity contribution in [3.8, 4) is 0 Å². The lowest BCUT2D eigenvalue weighted by atomic mass is 9.98. The summed E-state index contributed by atoms with van der Waals surface area (Å²) in [7, 11) is 0. The largest absolute Gasteiger partial charge is 0.327 e. The first-order valence-electron chi connectivity index (χ1n) is 5.32. The molecule has 2 fully saturated rings. The first-order valence-corrected chi connectivity index (χ1v) is 6.71. The lowest BCUT2D eigenvalue weighted by Crippen LogP contribution is -2.44. The van der Waals surface area contributed by atoms with Crippen molar-refractivity contribution in [1.82, 2.24) is 10.2 Å². The van der Waals surface area contributed by atoms with Gasteiger partial charge in [-0.1, -0.05) is 12.8 Å². The minimum Gasteiger partial charge on any atom is -0.327 e. The number of carbonyl (C=O) groups is 1. The molecule has 1 N–H and O–H groups in total. The number of nitrogens with zero attached hydrogens (tertiary/aromatic N) is 1. The Morgan fingerprint density at radius 3 is 2.86 bits per heavy atom. The van der Waals surface area contributed by atoms with E-state index in [1.807, 2.05) is 4.90 Å². The van der Waals surface area contributed by atoms with Crippen LogP contribution in [-0.2, 0) is 4.79 Å². The van der Waals surface area contributed by atoms with Crippen molar-refractivity contribution in [1.29, 1.82) is 0 Å². The number of hydrogen-bond acceptors (Lipinski definition) is 3. The lowest BCUT2D eigenvalue weighted by molar-refractivity contribution is -0.132. The van der Waals surface area contributed by atoms with Gasteiger partial charge >= 0.3 is 0 Å². The Bertz CT molecular complexity index is 226. The van der Waals surface area contributed by atoms with Crippen LogP contribution < -0.4 is 5.32 Å². The van der Waals surface area contributed by atoms with Crippen molar-refractivity contribution in [2.45, 2.75) is 31.2 Å². The molecule has 80 valence electrons. The van der Waals surface area contributed by atoms with Crippen LogP contribution in [0.5, 0.6) is 0 Å². The predicted octanol–water partition coefficient (Wildman–Crippen LogP) is 1.05. The molecule has 1 saturated heterocycles. The van der Waals surface area contributed by atoms with E-state index in [1.165, 1.54) is 12.8 Å². The van der Waals surface area contributed by atoms with Gasteiger partial charge in [-0.15, -0.1) is 0 Å². The fraction of sp³-hybridized carbons (Fsp3) is 0.900. The molecule has 0 bridgehead atoms. The number of hydrogen-bond donors (Lipinski definition) is 1. The SMILES string of the molecule is CSCCN1CNC2(CCCC2)C1=O. The van der Waals surface area contributed by atoms with E-state index in [0.29, 0.717) is 5.91 Å². The lowest BCUT2D eigenvalue weighted by Gasteiger charge is -2.21. The first-order chi connectivity index (χ1) is 6.78. The second-order valence-electron chi connectivity index (χ2n) is 4.19. The number of amides is 1. The summed E-state index contributed by atoms with van der Waals surface area (Å²) >= 11 is 1.80. The second kappa shape index (κ2) is 4.11. The van der Waals surface area contributed by atoms with Crippen LogP contribution in [0.4, 0.5) is 0 Å². The van der Waals surface area contributed by atoms with E-state index in [4.69, 9.17) is 0 Å². The fourth-order valence-electron chi connectivity index (χ4n) is 2.45. The van der Waals surface area contributed by atoms with Gasteiger partial charge in [0, 0.05) is 12.3 Å². The fourth-order valence-corrected chi connectivity index (χ4v) is 2.85. The summed E-state index contributed by atoms with van der Waals surface area (Å²) in [5, 5.41) is 3.41. The molecule has 4 heteroatoms. The molecule has 0 aromatic rings. The van der Waals surface area contributed by atoms with Gasteiger partial charge < -0.3 is 4.90 Å². The van der Waals surface area contributed by atoms with Crippen molar-refractivity contribution in [3.63, 3.8) is 0 Å². The first kappa shape index (κ1) is 10.3. The zero-order chi connectivity index (χ0) is 10.0. The Morgan fingerprint density at radius 1 is 1.50 bits per heavy atom. The Hall–Kier alpha value is -0.220. The highest BCUT2D eigenvalue weighted by Gasteiger charge is 2.47. The number of thioether (sulfide) groups is 1. The molecule has 1 aliphatic carbocycles. The number of carbonyl (C=O) groups excluding carboxylic acids is 1. The third-order valence-corrected chi connectivity index (χ3v) is 3.92. The van der Waals surface area contributed by atoms with Crippen molar-refractivity contribution in [2.24, 2.45) is 0 Å². The van der Waals surface area contributed by atoms with Crippen LogP contribution in [-0.4, -0.2) is 41.6 Å². The molecular weight excluding hydrogens is 196 g/mol. The van der Waals surface area contributed by atoms with Gasteiger partial charge in [-0.05, 0) is 19.1 Å². The van der Waals surface area contributed by atoms with Gasteiger partial charge in [-0.2, -0.15) is 11.8 Å². The van der Waals surface area contributed by atoms with Crippen LogP contribution in [0.25, 0.3) is 0 Å². The maximum atomic E-state index is 12.1. The Morgan fingerprint density at radius 2 is 2.21 bits per heavy atom. The van der Waals surface area contributed by atoms with Gasteiger partial charge in [-0.3, -0.25) is 10.1 Å². The molecule has 2 aliphatic rings. The highest BCUT2D eigenvalue weighted by molar-refractivity contribution is 7.98. The quantitative estimate of drug-likeness (QED) is 0.762. The second-order valence-corrected chi connectivity index (χ2v) is 5.17. The van der Waals surface area contributed by atoms with Crippen LogP contribution in [0.15, 0.2) is 0 Å². The molecule has 0 atom stereocenters. The van der Waals surface area contributed by atoms with Crippen molar-refractivity contribution in [2.75, 3.05) is 25.2 Å². The van der Waals surface area contributed by atoms with E-state index < -0.39 is 0 Å². The van der Waals surface area contributed by atoms with Crippen LogP contribution in [0.2, 0.25) is 0 Å². The predicted molar refractivity (Wildman–Crippen MR) is 59.3 cm³/mol. The molecule has 1 heterocycles. The summed E-state index contributed by atoms with van der Waals surface area (Å²) in [5.74, 6) is 1.40. The standard InChI is InChI=1S/C10H18N2OS/c1-14-7-6-12-8-11-10(9(12)13)4-2-3-5-10/h11H,2-8H2,1H3. The number of rotatable bonds is 3. The molecule has 14 heavy (non-hydrogen) atoms. The molecule has 1 aliphatic heterocycles. The number of nitrogens with one attached hydrogen (secondary N) is 1. The van der Waals surface area contributed by atoms with Crippen molar-refractivity contribution >= 4 is 17.7 Å². The van der Waals surface area contributed by atoms with Gasteiger partial charge in [-0.25, -0.2) is 0 Å². The van der Waals surface area contributed by atoms with Crippen LogP contribution in [0.1, 0.15) is 25.7 Å². The van der Waals surface area contributed by atoms with E-state index in [-0.39, 0.29) is 5.54 Å².